The second-order valence-electron chi connectivity index (χ2n) is 4.57. The Morgan fingerprint density at radius 3 is 2.77 bits per heavy atom. The van der Waals surface area contributed by atoms with E-state index in [1.165, 1.54) is 12.1 Å². The van der Waals surface area contributed by atoms with Crippen LogP contribution in [0.1, 0.15) is 12.8 Å². The van der Waals surface area contributed by atoms with Crippen molar-refractivity contribution in [1.82, 2.24) is 5.32 Å². The maximum Gasteiger partial charge on any atom is 0.336 e. The highest BCUT2D eigenvalue weighted by Crippen LogP contribution is 2.19. The Morgan fingerprint density at radius 2 is 2.00 bits per heavy atom. The summed E-state index contributed by atoms with van der Waals surface area (Å²) in [4.78, 5) is 32.8. The standard InChI is InChI=1S/C15H15NO6/c17-13(16-7-1-2-14(18)19)9-21-11-5-3-10-4-6-15(20)22-12(10)8-11/h3-6,8H,1-2,7,9H2,(H,16,17)(H,18,19)/p-1. The molecule has 0 saturated carbocycles. The Labute approximate surface area is 125 Å². The van der Waals surface area contributed by atoms with E-state index in [2.05, 4.69) is 5.32 Å². The number of rotatable bonds is 7. The molecule has 1 amide bonds. The fourth-order valence-electron chi connectivity index (χ4n) is 1.79. The molecule has 0 saturated heterocycles. The molecule has 1 heterocycles. The Kier molecular flexibility index (Phi) is 5.13. The molecule has 0 spiro atoms. The molecule has 0 atom stereocenters. The van der Waals surface area contributed by atoms with Gasteiger partial charge in [-0.25, -0.2) is 4.79 Å². The first-order chi connectivity index (χ1) is 10.5. The number of carbonyl (C=O) groups is 2. The zero-order valence-electron chi connectivity index (χ0n) is 11.7. The van der Waals surface area contributed by atoms with E-state index >= 15 is 0 Å². The number of hydrogen-bond acceptors (Lipinski definition) is 6. The van der Waals surface area contributed by atoms with Crippen molar-refractivity contribution in [3.8, 4) is 5.75 Å². The van der Waals surface area contributed by atoms with Crippen LogP contribution < -0.4 is 20.8 Å². The maximum atomic E-state index is 11.5. The van der Waals surface area contributed by atoms with Crippen LogP contribution in [0, 0.1) is 0 Å². The largest absolute Gasteiger partial charge is 0.550 e. The molecule has 1 aromatic carbocycles. The normalized spacial score (nSPS) is 10.4. The van der Waals surface area contributed by atoms with Gasteiger partial charge in [-0.2, -0.15) is 0 Å². The predicted molar refractivity (Wildman–Crippen MR) is 75.2 cm³/mol. The number of benzene rings is 1. The van der Waals surface area contributed by atoms with Crippen LogP contribution in [-0.4, -0.2) is 25.0 Å². The summed E-state index contributed by atoms with van der Waals surface area (Å²) in [7, 11) is 0. The smallest absolute Gasteiger partial charge is 0.336 e. The summed E-state index contributed by atoms with van der Waals surface area (Å²) in [5.74, 6) is -1.12. The van der Waals surface area contributed by atoms with Crippen molar-refractivity contribution in [2.45, 2.75) is 12.8 Å². The number of ether oxygens (including phenoxy) is 1. The molecule has 1 aromatic heterocycles. The lowest BCUT2D eigenvalue weighted by atomic mass is 10.2. The van der Waals surface area contributed by atoms with Crippen LogP contribution in [0.2, 0.25) is 0 Å². The first-order valence-corrected chi connectivity index (χ1v) is 6.68. The number of amides is 1. The number of carbonyl (C=O) groups excluding carboxylic acids is 2. The molecule has 7 heteroatoms. The van der Waals surface area contributed by atoms with E-state index in [4.69, 9.17) is 9.15 Å². The van der Waals surface area contributed by atoms with E-state index in [-0.39, 0.29) is 25.5 Å². The average Bonchev–Trinajstić information content (AvgIpc) is 2.49. The van der Waals surface area contributed by atoms with E-state index < -0.39 is 11.6 Å². The van der Waals surface area contributed by atoms with Gasteiger partial charge >= 0.3 is 5.63 Å². The van der Waals surface area contributed by atoms with Gasteiger partial charge in [-0.15, -0.1) is 0 Å². The van der Waals surface area contributed by atoms with E-state index in [0.717, 1.165) is 5.39 Å². The number of aliphatic carboxylic acids is 1. The highest BCUT2D eigenvalue weighted by Gasteiger charge is 2.04. The van der Waals surface area contributed by atoms with Crippen LogP contribution in [0.5, 0.6) is 5.75 Å². The van der Waals surface area contributed by atoms with Gasteiger partial charge in [0, 0.05) is 30.0 Å². The summed E-state index contributed by atoms with van der Waals surface area (Å²) in [6, 6.07) is 7.86. The molecule has 0 radical (unpaired) electrons. The van der Waals surface area contributed by atoms with Crippen LogP contribution in [0.4, 0.5) is 0 Å². The van der Waals surface area contributed by atoms with Crippen molar-refractivity contribution < 1.29 is 23.8 Å². The topological polar surface area (TPSA) is 109 Å². The number of carboxylic acid groups (broad SMARTS) is 1. The van der Waals surface area contributed by atoms with Gasteiger partial charge in [-0.05, 0) is 31.0 Å². The van der Waals surface area contributed by atoms with Gasteiger partial charge in [0.15, 0.2) is 6.61 Å². The third-order valence-electron chi connectivity index (χ3n) is 2.84. The summed E-state index contributed by atoms with van der Waals surface area (Å²) < 4.78 is 10.3. The fraction of sp³-hybridized carbons (Fsp3) is 0.267. The van der Waals surface area contributed by atoms with Crippen LogP contribution in [0.15, 0.2) is 39.5 Å². The molecule has 116 valence electrons. The molecule has 0 aliphatic rings. The lowest BCUT2D eigenvalue weighted by Crippen LogP contribution is -2.31. The highest BCUT2D eigenvalue weighted by atomic mass is 16.5. The van der Waals surface area contributed by atoms with Gasteiger partial charge in [-0.3, -0.25) is 4.79 Å². The van der Waals surface area contributed by atoms with Crippen molar-refractivity contribution in [2.75, 3.05) is 13.2 Å². The van der Waals surface area contributed by atoms with Gasteiger partial charge in [0.05, 0.1) is 0 Å². The zero-order valence-corrected chi connectivity index (χ0v) is 11.7. The van der Waals surface area contributed by atoms with Crippen LogP contribution in [0.25, 0.3) is 11.0 Å². The van der Waals surface area contributed by atoms with Crippen molar-refractivity contribution in [2.24, 2.45) is 0 Å². The van der Waals surface area contributed by atoms with Crippen LogP contribution >= 0.6 is 0 Å². The summed E-state index contributed by atoms with van der Waals surface area (Å²) >= 11 is 0. The predicted octanol–water partition coefficient (Wildman–Crippen LogP) is -0.182. The number of carboxylic acids is 1. The molecule has 7 nitrogen and oxygen atoms in total. The minimum absolute atomic E-state index is 0.106. The van der Waals surface area contributed by atoms with Gasteiger partial charge < -0.3 is 24.4 Å². The van der Waals surface area contributed by atoms with Crippen molar-refractivity contribution in [3.05, 3.63) is 40.8 Å². The summed E-state index contributed by atoms with van der Waals surface area (Å²) in [6.07, 6.45) is 0.194. The molecule has 0 fully saturated rings. The molecule has 2 aromatic rings. The Hall–Kier alpha value is -2.83. The zero-order chi connectivity index (χ0) is 15.9. The summed E-state index contributed by atoms with van der Waals surface area (Å²) in [5, 5.41) is 13.5. The van der Waals surface area contributed by atoms with Gasteiger partial charge in [-0.1, -0.05) is 0 Å². The van der Waals surface area contributed by atoms with E-state index in [1.807, 2.05) is 0 Å². The molecular formula is C15H14NO6-. The lowest BCUT2D eigenvalue weighted by Gasteiger charge is -2.08. The average molecular weight is 304 g/mol. The molecule has 1 N–H and O–H groups in total. The Morgan fingerprint density at radius 1 is 1.23 bits per heavy atom. The van der Waals surface area contributed by atoms with Crippen molar-refractivity contribution in [1.29, 1.82) is 0 Å². The van der Waals surface area contributed by atoms with E-state index in [1.54, 1.807) is 18.2 Å². The summed E-state index contributed by atoms with van der Waals surface area (Å²) in [6.45, 7) is 0.0245. The SMILES string of the molecule is O=C([O-])CCCNC(=O)COc1ccc2ccc(=O)oc2c1. The third kappa shape index (κ3) is 4.62. The van der Waals surface area contributed by atoms with E-state index in [9.17, 15) is 19.5 Å². The molecule has 0 unspecified atom stereocenters. The Balaban J connectivity index is 1.84. The first-order valence-electron chi connectivity index (χ1n) is 6.68. The molecular weight excluding hydrogens is 290 g/mol. The minimum atomic E-state index is -1.15. The third-order valence-corrected chi connectivity index (χ3v) is 2.84. The van der Waals surface area contributed by atoms with Gasteiger partial charge in [0.1, 0.15) is 11.3 Å². The molecule has 2 rings (SSSR count). The van der Waals surface area contributed by atoms with Crippen LogP contribution in [0.3, 0.4) is 0 Å². The number of hydrogen-bond donors (Lipinski definition) is 1. The fourth-order valence-corrected chi connectivity index (χ4v) is 1.79. The quantitative estimate of drug-likeness (QED) is 0.561. The molecule has 0 aliphatic heterocycles. The summed E-state index contributed by atoms with van der Waals surface area (Å²) in [5.41, 5.74) is -0.0883. The van der Waals surface area contributed by atoms with Crippen LogP contribution in [-0.2, 0) is 9.59 Å². The highest BCUT2D eigenvalue weighted by molar-refractivity contribution is 5.79. The lowest BCUT2D eigenvalue weighted by molar-refractivity contribution is -0.305. The van der Waals surface area contributed by atoms with Gasteiger partial charge in [0.2, 0.25) is 0 Å². The monoisotopic (exact) mass is 304 g/mol. The molecule has 22 heavy (non-hydrogen) atoms. The van der Waals surface area contributed by atoms with Crippen molar-refractivity contribution in [3.63, 3.8) is 0 Å². The van der Waals surface area contributed by atoms with Crippen molar-refractivity contribution >= 4 is 22.8 Å². The first kappa shape index (κ1) is 15.6. The number of fused-ring (bicyclic) bond motifs is 1. The molecule has 0 aliphatic carbocycles. The minimum Gasteiger partial charge on any atom is -0.550 e. The maximum absolute atomic E-state index is 11.5. The second kappa shape index (κ2) is 7.26. The molecule has 0 bridgehead atoms. The number of nitrogens with one attached hydrogen (secondary N) is 1. The van der Waals surface area contributed by atoms with Gasteiger partial charge in [0.25, 0.3) is 5.91 Å². The van der Waals surface area contributed by atoms with E-state index in [0.29, 0.717) is 17.8 Å². The second-order valence-corrected chi connectivity index (χ2v) is 4.57. The Bertz CT molecular complexity index is 736.